The van der Waals surface area contributed by atoms with Gasteiger partial charge in [0.25, 0.3) is 0 Å². The van der Waals surface area contributed by atoms with Crippen LogP contribution in [0.2, 0.25) is 0 Å². The molecule has 4 nitrogen and oxygen atoms in total. The molecule has 2 N–H and O–H groups in total. The minimum absolute atomic E-state index is 0.0367. The number of amides is 1. The van der Waals surface area contributed by atoms with Gasteiger partial charge in [-0.05, 0) is 49.2 Å². The molecule has 138 valence electrons. The summed E-state index contributed by atoms with van der Waals surface area (Å²) in [5, 5.41) is 6.54. The molecule has 26 heavy (non-hydrogen) atoms. The van der Waals surface area contributed by atoms with Crippen LogP contribution in [0.5, 0.6) is 5.75 Å². The molecule has 1 saturated carbocycles. The van der Waals surface area contributed by atoms with Crippen molar-refractivity contribution in [3.63, 3.8) is 0 Å². The first-order chi connectivity index (χ1) is 12.8. The van der Waals surface area contributed by atoms with E-state index in [1.165, 1.54) is 38.5 Å². The SMILES string of the molecule is O=C(CCOc1ccccc1)Nc1ccc(NC2CCCCCC2)cc1. The lowest BCUT2D eigenvalue weighted by Crippen LogP contribution is -2.18. The Morgan fingerprint density at radius 3 is 2.23 bits per heavy atom. The molecule has 0 atom stereocenters. The Morgan fingerprint density at radius 2 is 1.54 bits per heavy atom. The topological polar surface area (TPSA) is 50.4 Å². The minimum atomic E-state index is -0.0367. The lowest BCUT2D eigenvalue weighted by atomic mass is 10.1. The van der Waals surface area contributed by atoms with E-state index in [0.717, 1.165) is 17.1 Å². The molecule has 0 spiro atoms. The van der Waals surface area contributed by atoms with Crippen LogP contribution in [0.15, 0.2) is 54.6 Å². The third-order valence-corrected chi connectivity index (χ3v) is 4.74. The number of ether oxygens (including phenoxy) is 1. The fourth-order valence-corrected chi connectivity index (χ4v) is 3.31. The summed E-state index contributed by atoms with van der Waals surface area (Å²) < 4.78 is 5.56. The molecule has 1 aliphatic carbocycles. The van der Waals surface area contributed by atoms with Gasteiger partial charge in [-0.3, -0.25) is 4.79 Å². The molecule has 0 heterocycles. The molecule has 4 heteroatoms. The highest BCUT2D eigenvalue weighted by Gasteiger charge is 2.11. The number of hydrogen-bond acceptors (Lipinski definition) is 3. The Labute approximate surface area is 156 Å². The summed E-state index contributed by atoms with van der Waals surface area (Å²) in [6, 6.07) is 18.1. The summed E-state index contributed by atoms with van der Waals surface area (Å²) in [6.45, 7) is 0.372. The Hall–Kier alpha value is -2.49. The smallest absolute Gasteiger partial charge is 0.227 e. The van der Waals surface area contributed by atoms with E-state index in [-0.39, 0.29) is 5.91 Å². The third kappa shape index (κ3) is 6.10. The first kappa shape index (κ1) is 18.3. The molecular formula is C22H28N2O2. The van der Waals surface area contributed by atoms with Crippen molar-refractivity contribution in [1.82, 2.24) is 0 Å². The van der Waals surface area contributed by atoms with Crippen molar-refractivity contribution < 1.29 is 9.53 Å². The Morgan fingerprint density at radius 1 is 0.885 bits per heavy atom. The van der Waals surface area contributed by atoms with E-state index in [2.05, 4.69) is 10.6 Å². The summed E-state index contributed by atoms with van der Waals surface area (Å²) in [5.41, 5.74) is 1.95. The van der Waals surface area contributed by atoms with E-state index in [4.69, 9.17) is 4.74 Å². The zero-order chi connectivity index (χ0) is 18.0. The van der Waals surface area contributed by atoms with Crippen LogP contribution in [-0.4, -0.2) is 18.6 Å². The summed E-state index contributed by atoms with van der Waals surface area (Å²) in [4.78, 5) is 12.0. The molecule has 3 rings (SSSR count). The maximum absolute atomic E-state index is 12.0. The predicted octanol–water partition coefficient (Wildman–Crippen LogP) is 5.23. The zero-order valence-electron chi connectivity index (χ0n) is 15.2. The van der Waals surface area contributed by atoms with Gasteiger partial charge >= 0.3 is 0 Å². The molecule has 2 aromatic carbocycles. The summed E-state index contributed by atoms with van der Waals surface area (Å²) in [5.74, 6) is 0.750. The van der Waals surface area contributed by atoms with E-state index in [9.17, 15) is 4.79 Å². The molecule has 0 saturated heterocycles. The number of benzene rings is 2. The predicted molar refractivity (Wildman–Crippen MR) is 107 cm³/mol. The molecule has 1 aliphatic rings. The van der Waals surface area contributed by atoms with Crippen molar-refractivity contribution in [2.45, 2.75) is 51.0 Å². The van der Waals surface area contributed by atoms with Crippen molar-refractivity contribution in [3.05, 3.63) is 54.6 Å². The van der Waals surface area contributed by atoms with Crippen molar-refractivity contribution in [2.24, 2.45) is 0 Å². The van der Waals surface area contributed by atoms with Crippen LogP contribution in [0.1, 0.15) is 44.9 Å². The van der Waals surface area contributed by atoms with E-state index in [1.54, 1.807) is 0 Å². The summed E-state index contributed by atoms with van der Waals surface area (Å²) in [6.07, 6.45) is 8.18. The minimum Gasteiger partial charge on any atom is -0.493 e. The number of carbonyl (C=O) groups is 1. The largest absolute Gasteiger partial charge is 0.493 e. The average Bonchev–Trinajstić information content (AvgIpc) is 2.93. The number of nitrogens with one attached hydrogen (secondary N) is 2. The monoisotopic (exact) mass is 352 g/mol. The van der Waals surface area contributed by atoms with Gasteiger partial charge in [0.05, 0.1) is 13.0 Å². The highest BCUT2D eigenvalue weighted by molar-refractivity contribution is 5.90. The van der Waals surface area contributed by atoms with Crippen molar-refractivity contribution in [3.8, 4) is 5.75 Å². The fraction of sp³-hybridized carbons (Fsp3) is 0.409. The van der Waals surface area contributed by atoms with Gasteiger partial charge in [0.15, 0.2) is 0 Å². The maximum atomic E-state index is 12.0. The second-order valence-corrected chi connectivity index (χ2v) is 6.87. The number of hydrogen-bond donors (Lipinski definition) is 2. The Balaban J connectivity index is 1.41. The van der Waals surface area contributed by atoms with E-state index < -0.39 is 0 Å². The van der Waals surface area contributed by atoms with Crippen molar-refractivity contribution >= 4 is 17.3 Å². The van der Waals surface area contributed by atoms with Gasteiger partial charge in [-0.15, -0.1) is 0 Å². The number of anilines is 2. The van der Waals surface area contributed by atoms with E-state index in [1.807, 2.05) is 54.6 Å². The molecule has 1 fully saturated rings. The average molecular weight is 352 g/mol. The first-order valence-corrected chi connectivity index (χ1v) is 9.64. The van der Waals surface area contributed by atoms with Crippen LogP contribution in [0.3, 0.4) is 0 Å². The van der Waals surface area contributed by atoms with Gasteiger partial charge in [0.2, 0.25) is 5.91 Å². The quantitative estimate of drug-likeness (QED) is 0.671. The highest BCUT2D eigenvalue weighted by Crippen LogP contribution is 2.22. The second-order valence-electron chi connectivity index (χ2n) is 6.87. The molecule has 2 aromatic rings. The lowest BCUT2D eigenvalue weighted by molar-refractivity contribution is -0.116. The molecule has 0 radical (unpaired) electrons. The van der Waals surface area contributed by atoms with Gasteiger partial charge < -0.3 is 15.4 Å². The first-order valence-electron chi connectivity index (χ1n) is 9.64. The standard InChI is InChI=1S/C22H28N2O2/c25-22(16-17-26-21-10-6-3-7-11-21)24-20-14-12-19(13-15-20)23-18-8-4-1-2-5-9-18/h3,6-7,10-15,18,23H,1-2,4-5,8-9,16-17H2,(H,24,25). The highest BCUT2D eigenvalue weighted by atomic mass is 16.5. The third-order valence-electron chi connectivity index (χ3n) is 4.74. The number of carbonyl (C=O) groups excluding carboxylic acids is 1. The molecular weight excluding hydrogens is 324 g/mol. The Kier molecular flexibility index (Phi) is 6.94. The van der Waals surface area contributed by atoms with Crippen LogP contribution >= 0.6 is 0 Å². The fourth-order valence-electron chi connectivity index (χ4n) is 3.31. The van der Waals surface area contributed by atoms with Crippen molar-refractivity contribution in [1.29, 1.82) is 0 Å². The molecule has 1 amide bonds. The van der Waals surface area contributed by atoms with Gasteiger partial charge in [-0.25, -0.2) is 0 Å². The number of rotatable bonds is 7. The normalized spacial score (nSPS) is 15.1. The maximum Gasteiger partial charge on any atom is 0.227 e. The van der Waals surface area contributed by atoms with Crippen LogP contribution in [0, 0.1) is 0 Å². The zero-order valence-corrected chi connectivity index (χ0v) is 15.2. The Bertz CT molecular complexity index is 662. The molecule has 0 unspecified atom stereocenters. The van der Waals surface area contributed by atoms with Crippen LogP contribution in [-0.2, 0) is 4.79 Å². The van der Waals surface area contributed by atoms with Gasteiger partial charge in [-0.2, -0.15) is 0 Å². The second kappa shape index (κ2) is 9.85. The molecule has 0 aliphatic heterocycles. The summed E-state index contributed by atoms with van der Waals surface area (Å²) in [7, 11) is 0. The van der Waals surface area contributed by atoms with Gasteiger partial charge in [-0.1, -0.05) is 43.9 Å². The van der Waals surface area contributed by atoms with Gasteiger partial charge in [0, 0.05) is 17.4 Å². The van der Waals surface area contributed by atoms with Crippen LogP contribution in [0.4, 0.5) is 11.4 Å². The molecule has 0 bridgehead atoms. The van der Waals surface area contributed by atoms with Gasteiger partial charge in [0.1, 0.15) is 5.75 Å². The van der Waals surface area contributed by atoms with E-state index in [0.29, 0.717) is 19.1 Å². The van der Waals surface area contributed by atoms with E-state index >= 15 is 0 Å². The lowest BCUT2D eigenvalue weighted by Gasteiger charge is -2.18. The number of para-hydroxylation sites is 1. The van der Waals surface area contributed by atoms with Crippen LogP contribution < -0.4 is 15.4 Å². The molecule has 0 aromatic heterocycles. The van der Waals surface area contributed by atoms with Crippen molar-refractivity contribution in [2.75, 3.05) is 17.2 Å². The summed E-state index contributed by atoms with van der Waals surface area (Å²) >= 11 is 0. The van der Waals surface area contributed by atoms with Crippen LogP contribution in [0.25, 0.3) is 0 Å².